The summed E-state index contributed by atoms with van der Waals surface area (Å²) in [6.07, 6.45) is 41.6. The minimum absolute atomic E-state index is 0.224. The summed E-state index contributed by atoms with van der Waals surface area (Å²) in [6.45, 7) is 31.1. The molecule has 9 rings (SSSR count). The van der Waals surface area contributed by atoms with Gasteiger partial charge in [-0.2, -0.15) is 0 Å². The summed E-state index contributed by atoms with van der Waals surface area (Å²) < 4.78 is 38.6. The van der Waals surface area contributed by atoms with Gasteiger partial charge in [0, 0.05) is 68.7 Å². The Labute approximate surface area is 612 Å². The average Bonchev–Trinajstić information content (AvgIpc) is 1.61. The summed E-state index contributed by atoms with van der Waals surface area (Å²) in [4.78, 5) is 48.6. The van der Waals surface area contributed by atoms with Crippen molar-refractivity contribution in [3.05, 3.63) is 194 Å². The maximum atomic E-state index is 14.1. The Morgan fingerprint density at radius 2 is 1.02 bits per heavy atom. The third-order valence-electron chi connectivity index (χ3n) is 18.4. The zero-order valence-corrected chi connectivity index (χ0v) is 63.6. The molecule has 3 aliphatic heterocycles. The van der Waals surface area contributed by atoms with Gasteiger partial charge in [-0.3, -0.25) is 9.79 Å². The van der Waals surface area contributed by atoms with E-state index in [0.717, 1.165) is 116 Å². The van der Waals surface area contributed by atoms with Crippen LogP contribution in [0.3, 0.4) is 0 Å². The average molecular weight is 1390 g/mol. The van der Waals surface area contributed by atoms with E-state index in [1.165, 1.54) is 36.0 Å². The van der Waals surface area contributed by atoms with Crippen molar-refractivity contribution in [2.24, 2.45) is 35.4 Å². The molecule has 3 N–H and O–H groups in total. The zero-order valence-electron chi connectivity index (χ0n) is 63.6. The maximum Gasteiger partial charge on any atom is 0.251 e. The molecule has 0 spiro atoms. The smallest absolute Gasteiger partial charge is 0.251 e. The summed E-state index contributed by atoms with van der Waals surface area (Å²) in [5, 5.41) is 8.07. The van der Waals surface area contributed by atoms with E-state index in [1.807, 2.05) is 104 Å². The first-order valence-corrected chi connectivity index (χ1v) is 37.5. The minimum atomic E-state index is -0.259. The number of carbonyl (C=O) groups is 1. The third-order valence-corrected chi connectivity index (χ3v) is 18.4. The van der Waals surface area contributed by atoms with Gasteiger partial charge in [-0.25, -0.2) is 25.0 Å². The molecule has 4 aromatic carbocycles. The lowest BCUT2D eigenvalue weighted by atomic mass is 9.72. The molecule has 0 saturated carbocycles. The van der Waals surface area contributed by atoms with Crippen molar-refractivity contribution in [3.8, 4) is 34.5 Å². The Morgan fingerprint density at radius 1 is 0.544 bits per heavy atom. The molecule has 0 radical (unpaired) electrons. The number of anilines is 1. The number of fused-ring (bicyclic) bond motifs is 4. The highest BCUT2D eigenvalue weighted by Gasteiger charge is 2.32. The van der Waals surface area contributed by atoms with Crippen molar-refractivity contribution in [1.29, 1.82) is 0 Å². The highest BCUT2D eigenvalue weighted by Crippen LogP contribution is 2.44. The molecular weight excluding hydrogens is 1280 g/mol. The second-order valence-electron chi connectivity index (χ2n) is 27.5. The van der Waals surface area contributed by atoms with Gasteiger partial charge in [0.1, 0.15) is 23.3 Å². The second kappa shape index (κ2) is 38.4. The number of amides is 1. The number of hydrogen-bond donors (Lipinski definition) is 3. The molecule has 544 valence electrons. The number of aliphatic imine (C=N–C) groups is 6. The van der Waals surface area contributed by atoms with Crippen LogP contribution in [0.2, 0.25) is 0 Å². The van der Waals surface area contributed by atoms with Crippen molar-refractivity contribution in [2.45, 2.75) is 186 Å². The summed E-state index contributed by atoms with van der Waals surface area (Å²) in [5.41, 5.74) is 12.4. The maximum absolute atomic E-state index is 14.1. The fourth-order valence-electron chi connectivity index (χ4n) is 12.2. The number of rotatable bonds is 36. The lowest BCUT2D eigenvalue weighted by Crippen LogP contribution is -2.23. The van der Waals surface area contributed by atoms with Crippen LogP contribution in [0.15, 0.2) is 191 Å². The standard InChI is InChI=1S/C87H109N9O7/c1-15-21-44-98-73-50-63-57-89-80(66(63)52-74(73)99-45-22-16-2)92-82-67-51-64(90-86(97)62(11)37-30-36-59(8)33-28-27-32-58(7)34-29-35-60(9)39-42-72-61(10)38-31-43-87(72,12)13)40-41-65(67)81(93-82)94-84-70-55-77(102-48-25-19-5)78(103-49-26-20-6)56-71(70)85(96-84)95-83-69-54-76(101-47-24-18-4)75(100-46-23-17-3)53-68(69)79(88-14)91-83/h27-30,32-37,39-42,50-57,93H,15-26,31,38,43-49H2,1-14H3,(H,90,97)(H,88,91,94,95,96)/b28-27+,34-29+,36-30+,42-39+,58-32+,59-33+,60-35+,62-37+,92-80-. The van der Waals surface area contributed by atoms with Crippen LogP contribution in [0.1, 0.15) is 220 Å². The molecule has 5 aromatic rings. The van der Waals surface area contributed by atoms with Crippen LogP contribution >= 0.6 is 0 Å². The molecule has 0 fully saturated rings. The molecule has 4 heterocycles. The number of unbranched alkanes of at least 4 members (excludes halogenated alkanes) is 6. The number of aromatic nitrogens is 1. The number of amidine groups is 5. The fourth-order valence-corrected chi connectivity index (χ4v) is 12.2. The van der Waals surface area contributed by atoms with Crippen LogP contribution in [-0.2, 0) is 4.79 Å². The molecule has 4 aliphatic rings. The topological polar surface area (TPSA) is 186 Å². The van der Waals surface area contributed by atoms with Gasteiger partial charge < -0.3 is 44.0 Å². The van der Waals surface area contributed by atoms with Crippen LogP contribution in [-0.4, -0.2) is 93.0 Å². The molecule has 1 amide bonds. The highest BCUT2D eigenvalue weighted by molar-refractivity contribution is 6.31. The quantitative estimate of drug-likeness (QED) is 0.0201. The van der Waals surface area contributed by atoms with E-state index in [1.54, 1.807) is 14.0 Å². The van der Waals surface area contributed by atoms with Gasteiger partial charge in [0.25, 0.3) is 5.91 Å². The van der Waals surface area contributed by atoms with Gasteiger partial charge in [0.15, 0.2) is 52.0 Å². The van der Waals surface area contributed by atoms with Crippen LogP contribution in [0.25, 0.3) is 10.8 Å². The number of carbonyl (C=O) groups excluding carboxylic acids is 1. The first-order chi connectivity index (χ1) is 50.0. The predicted octanol–water partition coefficient (Wildman–Crippen LogP) is 21.5. The highest BCUT2D eigenvalue weighted by atomic mass is 16.5. The number of ether oxygens (including phenoxy) is 6. The molecule has 16 nitrogen and oxygen atoms in total. The van der Waals surface area contributed by atoms with Crippen molar-refractivity contribution in [3.63, 3.8) is 0 Å². The molecule has 1 aliphatic carbocycles. The number of aromatic amines is 1. The lowest BCUT2D eigenvalue weighted by molar-refractivity contribution is -0.112. The van der Waals surface area contributed by atoms with E-state index >= 15 is 0 Å². The summed E-state index contributed by atoms with van der Waals surface area (Å²) in [6, 6.07) is 17.6. The van der Waals surface area contributed by atoms with Gasteiger partial charge in [0.05, 0.1) is 39.6 Å². The number of hydrogen-bond acceptors (Lipinski definition) is 11. The first-order valence-electron chi connectivity index (χ1n) is 37.5. The Bertz CT molecular complexity index is 4340. The Balaban J connectivity index is 1.07. The number of nitrogens with zero attached hydrogens (tertiary/aromatic N) is 6. The Kier molecular flexibility index (Phi) is 28.9. The second-order valence-corrected chi connectivity index (χ2v) is 27.5. The molecule has 16 heteroatoms. The molecule has 103 heavy (non-hydrogen) atoms. The lowest BCUT2D eigenvalue weighted by Gasteiger charge is -2.32. The monoisotopic (exact) mass is 1390 g/mol. The normalized spacial score (nSPS) is 17.0. The number of H-pyrrole nitrogens is 1. The summed E-state index contributed by atoms with van der Waals surface area (Å²) >= 11 is 0. The SMILES string of the molecule is CCCCOc1cc2c(cc1OCCCC)/C(=N/c1[nH]c(/N=C3\N=C(N=C4NC(=NC)c5cc(OCCCC)c(OCCCC)cc54)c4cc(OCCCC)c(OCCCC)cc43)c3ccc(NC(=O)/C(C)=C/C=C/C(C)=C/C=C/C=C(C)/C=C/C=C(C)/C=C/C4=C(C)CCCC4(C)C)cc13)N=C2. The summed E-state index contributed by atoms with van der Waals surface area (Å²) in [5.74, 6) is 6.91. The molecule has 0 bridgehead atoms. The van der Waals surface area contributed by atoms with Gasteiger partial charge >= 0.3 is 0 Å². The molecule has 1 aromatic heterocycles. The number of benzene rings is 4. The molecule has 0 saturated heterocycles. The molecule has 0 unspecified atom stereocenters. The van der Waals surface area contributed by atoms with E-state index in [4.69, 9.17) is 53.4 Å². The fraction of sp³-hybridized carbons (Fsp3) is 0.414. The van der Waals surface area contributed by atoms with E-state index in [-0.39, 0.29) is 11.3 Å². The summed E-state index contributed by atoms with van der Waals surface area (Å²) in [7, 11) is 1.76. The Hall–Kier alpha value is -9.83. The number of nitrogens with one attached hydrogen (secondary N) is 3. The molecule has 0 atom stereocenters. The van der Waals surface area contributed by atoms with E-state index in [2.05, 4.69) is 133 Å². The number of allylic oxidation sites excluding steroid dienone is 17. The van der Waals surface area contributed by atoms with E-state index in [0.29, 0.717) is 143 Å². The predicted molar refractivity (Wildman–Crippen MR) is 429 cm³/mol. The Morgan fingerprint density at radius 3 is 1.56 bits per heavy atom. The van der Waals surface area contributed by atoms with Crippen LogP contribution in [0, 0.1) is 5.41 Å². The van der Waals surface area contributed by atoms with Crippen LogP contribution in [0.4, 0.5) is 17.3 Å². The van der Waals surface area contributed by atoms with E-state index in [9.17, 15) is 4.79 Å². The molecular formula is C87H109N9O7. The van der Waals surface area contributed by atoms with Crippen LogP contribution in [0.5, 0.6) is 34.5 Å². The van der Waals surface area contributed by atoms with Crippen molar-refractivity contribution in [2.75, 3.05) is 52.0 Å². The van der Waals surface area contributed by atoms with Gasteiger partial charge in [-0.05, 0) is 158 Å². The van der Waals surface area contributed by atoms with Crippen molar-refractivity contribution >= 4 is 69.4 Å². The van der Waals surface area contributed by atoms with Crippen molar-refractivity contribution < 1.29 is 33.2 Å². The minimum Gasteiger partial charge on any atom is -0.490 e. The van der Waals surface area contributed by atoms with Gasteiger partial charge in [-0.1, -0.05) is 189 Å². The van der Waals surface area contributed by atoms with Gasteiger partial charge in [-0.15, -0.1) is 0 Å². The van der Waals surface area contributed by atoms with E-state index < -0.39 is 0 Å². The van der Waals surface area contributed by atoms with Crippen molar-refractivity contribution in [1.82, 2.24) is 10.3 Å². The first kappa shape index (κ1) is 77.3. The van der Waals surface area contributed by atoms with Crippen LogP contribution < -0.4 is 39.1 Å². The zero-order chi connectivity index (χ0) is 73.3. The third kappa shape index (κ3) is 20.9. The van der Waals surface area contributed by atoms with Gasteiger partial charge in [0.2, 0.25) is 0 Å². The largest absolute Gasteiger partial charge is 0.490 e.